The van der Waals surface area contributed by atoms with Gasteiger partial charge >= 0.3 is 0 Å². The van der Waals surface area contributed by atoms with Gasteiger partial charge in [0.05, 0.1) is 0 Å². The van der Waals surface area contributed by atoms with Gasteiger partial charge in [-0.05, 0) is 25.3 Å². The van der Waals surface area contributed by atoms with Crippen molar-refractivity contribution in [1.29, 1.82) is 0 Å². The molecule has 0 bridgehead atoms. The van der Waals surface area contributed by atoms with Crippen molar-refractivity contribution in [3.05, 3.63) is 11.7 Å². The number of nitrogens with two attached hydrogens (primary N) is 1. The van der Waals surface area contributed by atoms with Gasteiger partial charge in [-0.2, -0.15) is 4.98 Å². The van der Waals surface area contributed by atoms with Crippen LogP contribution in [0.5, 0.6) is 0 Å². The molecule has 0 unspecified atom stereocenters. The second-order valence-corrected chi connectivity index (χ2v) is 4.11. The quantitative estimate of drug-likeness (QED) is 0.775. The van der Waals surface area contributed by atoms with E-state index in [0.29, 0.717) is 18.4 Å². The molecule has 16 heavy (non-hydrogen) atoms. The first-order chi connectivity index (χ1) is 7.70. The Balaban J connectivity index is 1.96. The Hall–Kier alpha value is -1.43. The van der Waals surface area contributed by atoms with E-state index in [1.807, 2.05) is 0 Å². The van der Waals surface area contributed by atoms with Gasteiger partial charge in [0.15, 0.2) is 0 Å². The van der Waals surface area contributed by atoms with Crippen LogP contribution < -0.4 is 5.73 Å². The van der Waals surface area contributed by atoms with E-state index < -0.39 is 0 Å². The molecule has 0 saturated carbocycles. The molecule has 1 amide bonds. The van der Waals surface area contributed by atoms with E-state index >= 15 is 0 Å². The normalized spacial score (nSPS) is 17.8. The molecule has 2 N–H and O–H groups in total. The van der Waals surface area contributed by atoms with Gasteiger partial charge < -0.3 is 15.2 Å². The summed E-state index contributed by atoms with van der Waals surface area (Å²) in [6.45, 7) is 3.83. The molecule has 0 aromatic carbocycles. The summed E-state index contributed by atoms with van der Waals surface area (Å²) in [4.78, 5) is 17.6. The van der Waals surface area contributed by atoms with E-state index in [4.69, 9.17) is 10.3 Å². The molecule has 0 radical (unpaired) electrons. The zero-order valence-electron chi connectivity index (χ0n) is 9.35. The number of piperidine rings is 1. The summed E-state index contributed by atoms with van der Waals surface area (Å²) in [7, 11) is 0. The maximum absolute atomic E-state index is 11.9. The lowest BCUT2D eigenvalue weighted by Crippen LogP contribution is -2.40. The minimum atomic E-state index is -0.146. The molecule has 6 heteroatoms. The summed E-state index contributed by atoms with van der Waals surface area (Å²) in [5, 5.41) is 3.63. The topological polar surface area (TPSA) is 85.2 Å². The van der Waals surface area contributed by atoms with Crippen LogP contribution in [0.15, 0.2) is 4.52 Å². The molecule has 6 nitrogen and oxygen atoms in total. The van der Waals surface area contributed by atoms with Crippen LogP contribution in [0, 0.1) is 12.8 Å². The Bertz CT molecular complexity index is 369. The Morgan fingerprint density at radius 1 is 1.56 bits per heavy atom. The van der Waals surface area contributed by atoms with Crippen LogP contribution in [0.3, 0.4) is 0 Å². The van der Waals surface area contributed by atoms with Crippen LogP contribution >= 0.6 is 0 Å². The first-order valence-corrected chi connectivity index (χ1v) is 5.50. The number of likely N-dealkylation sites (tertiary alicyclic amines) is 1. The predicted molar refractivity (Wildman–Crippen MR) is 56.7 cm³/mol. The Kier molecular flexibility index (Phi) is 3.19. The van der Waals surface area contributed by atoms with E-state index in [1.54, 1.807) is 11.8 Å². The fourth-order valence-corrected chi connectivity index (χ4v) is 1.90. The number of hydrogen-bond donors (Lipinski definition) is 1. The zero-order valence-corrected chi connectivity index (χ0v) is 9.35. The standard InChI is InChI=1S/C10H16N4O2/c1-7-12-9(13-16-7)10(15)14-4-2-8(6-11)3-5-14/h8H,2-6,11H2,1H3. The molecule has 1 saturated heterocycles. The van der Waals surface area contributed by atoms with Gasteiger partial charge in [0.25, 0.3) is 11.7 Å². The summed E-state index contributed by atoms with van der Waals surface area (Å²) in [5.74, 6) is 0.965. The molecule has 88 valence electrons. The average Bonchev–Trinajstić information content (AvgIpc) is 2.75. The van der Waals surface area contributed by atoms with Crippen LogP contribution in [0.4, 0.5) is 0 Å². The molecule has 1 fully saturated rings. The molecule has 1 aromatic heterocycles. The van der Waals surface area contributed by atoms with Crippen molar-refractivity contribution < 1.29 is 9.32 Å². The van der Waals surface area contributed by atoms with E-state index in [2.05, 4.69) is 10.1 Å². The van der Waals surface area contributed by atoms with Crippen LogP contribution in [-0.4, -0.2) is 40.6 Å². The molecular weight excluding hydrogens is 208 g/mol. The fourth-order valence-electron chi connectivity index (χ4n) is 1.90. The highest BCUT2D eigenvalue weighted by Crippen LogP contribution is 2.17. The molecule has 0 atom stereocenters. The smallest absolute Gasteiger partial charge is 0.295 e. The van der Waals surface area contributed by atoms with Crippen molar-refractivity contribution in [2.75, 3.05) is 19.6 Å². The van der Waals surface area contributed by atoms with E-state index in [1.165, 1.54) is 0 Å². The number of amides is 1. The molecule has 2 heterocycles. The van der Waals surface area contributed by atoms with Crippen LogP contribution in [-0.2, 0) is 0 Å². The first-order valence-electron chi connectivity index (χ1n) is 5.50. The second-order valence-electron chi connectivity index (χ2n) is 4.11. The molecule has 1 aromatic rings. The van der Waals surface area contributed by atoms with Crippen molar-refractivity contribution in [3.8, 4) is 0 Å². The summed E-state index contributed by atoms with van der Waals surface area (Å²) >= 11 is 0. The molecule has 0 spiro atoms. The molecule has 2 rings (SSSR count). The largest absolute Gasteiger partial charge is 0.339 e. The highest BCUT2D eigenvalue weighted by atomic mass is 16.5. The van der Waals surface area contributed by atoms with E-state index in [9.17, 15) is 4.79 Å². The number of hydrogen-bond acceptors (Lipinski definition) is 5. The third-order valence-corrected chi connectivity index (χ3v) is 2.95. The number of aromatic nitrogens is 2. The monoisotopic (exact) mass is 224 g/mol. The van der Waals surface area contributed by atoms with Crippen LogP contribution in [0.2, 0.25) is 0 Å². The summed E-state index contributed by atoms with van der Waals surface area (Å²) in [6.07, 6.45) is 1.91. The minimum Gasteiger partial charge on any atom is -0.339 e. The van der Waals surface area contributed by atoms with Gasteiger partial charge in [-0.1, -0.05) is 5.16 Å². The maximum Gasteiger partial charge on any atom is 0.295 e. The van der Waals surface area contributed by atoms with E-state index in [0.717, 1.165) is 25.9 Å². The molecular formula is C10H16N4O2. The third-order valence-electron chi connectivity index (χ3n) is 2.95. The minimum absolute atomic E-state index is 0.146. The maximum atomic E-state index is 11.9. The number of nitrogens with zero attached hydrogens (tertiary/aromatic N) is 3. The Labute approximate surface area is 93.8 Å². The summed E-state index contributed by atoms with van der Waals surface area (Å²) in [5.41, 5.74) is 5.60. The molecule has 1 aliphatic rings. The fraction of sp³-hybridized carbons (Fsp3) is 0.700. The Morgan fingerprint density at radius 3 is 2.75 bits per heavy atom. The van der Waals surface area contributed by atoms with Gasteiger partial charge in [0.1, 0.15) is 0 Å². The van der Waals surface area contributed by atoms with Crippen molar-refractivity contribution in [2.24, 2.45) is 11.7 Å². The predicted octanol–water partition coefficient (Wildman–Crippen LogP) is 0.189. The third kappa shape index (κ3) is 2.21. The average molecular weight is 224 g/mol. The number of rotatable bonds is 2. The first kappa shape index (κ1) is 11.1. The lowest BCUT2D eigenvalue weighted by Gasteiger charge is -2.30. The van der Waals surface area contributed by atoms with Gasteiger partial charge in [0.2, 0.25) is 5.89 Å². The highest BCUT2D eigenvalue weighted by molar-refractivity contribution is 5.90. The SMILES string of the molecule is Cc1nc(C(=O)N2CCC(CN)CC2)no1. The number of carbonyl (C=O) groups excluding carboxylic acids is 1. The summed E-state index contributed by atoms with van der Waals surface area (Å²) in [6, 6.07) is 0. The van der Waals surface area contributed by atoms with E-state index in [-0.39, 0.29) is 11.7 Å². The molecule has 1 aliphatic heterocycles. The van der Waals surface area contributed by atoms with Crippen molar-refractivity contribution in [2.45, 2.75) is 19.8 Å². The van der Waals surface area contributed by atoms with Crippen molar-refractivity contribution in [3.63, 3.8) is 0 Å². The zero-order chi connectivity index (χ0) is 11.5. The van der Waals surface area contributed by atoms with Gasteiger partial charge in [0, 0.05) is 20.0 Å². The second kappa shape index (κ2) is 4.61. The highest BCUT2D eigenvalue weighted by Gasteiger charge is 2.25. The van der Waals surface area contributed by atoms with Crippen molar-refractivity contribution in [1.82, 2.24) is 15.0 Å². The van der Waals surface area contributed by atoms with Crippen LogP contribution in [0.1, 0.15) is 29.4 Å². The van der Waals surface area contributed by atoms with Crippen molar-refractivity contribution >= 4 is 5.91 Å². The number of carbonyl (C=O) groups is 1. The lowest BCUT2D eigenvalue weighted by atomic mass is 9.97. The molecule has 0 aliphatic carbocycles. The lowest BCUT2D eigenvalue weighted by molar-refractivity contribution is 0.0677. The summed E-state index contributed by atoms with van der Waals surface area (Å²) < 4.78 is 4.79. The van der Waals surface area contributed by atoms with Gasteiger partial charge in [-0.25, -0.2) is 0 Å². The van der Waals surface area contributed by atoms with Gasteiger partial charge in [-0.3, -0.25) is 4.79 Å². The number of aryl methyl sites for hydroxylation is 1. The van der Waals surface area contributed by atoms with Gasteiger partial charge in [-0.15, -0.1) is 0 Å². The Morgan fingerprint density at radius 2 is 2.25 bits per heavy atom. The van der Waals surface area contributed by atoms with Crippen LogP contribution in [0.25, 0.3) is 0 Å².